The second kappa shape index (κ2) is 6.55. The largest absolute Gasteiger partial charge is 0.369 e. The molecule has 0 atom stereocenters. The number of halogens is 1. The number of aromatic nitrogens is 3. The van der Waals surface area contributed by atoms with Crippen molar-refractivity contribution < 1.29 is 9.18 Å². The van der Waals surface area contributed by atoms with E-state index in [4.69, 9.17) is 10.7 Å². The highest BCUT2D eigenvalue weighted by Gasteiger charge is 2.19. The van der Waals surface area contributed by atoms with E-state index in [9.17, 15) is 9.18 Å². The van der Waals surface area contributed by atoms with Crippen LogP contribution in [0.25, 0.3) is 16.6 Å². The predicted molar refractivity (Wildman–Crippen MR) is 109 cm³/mol. The maximum absolute atomic E-state index is 14.1. The van der Waals surface area contributed by atoms with Crippen molar-refractivity contribution in [3.05, 3.63) is 70.8 Å². The number of imidazole rings is 1. The third kappa shape index (κ3) is 2.99. The summed E-state index contributed by atoms with van der Waals surface area (Å²) in [6.45, 7) is 3.02. The molecule has 1 amide bonds. The van der Waals surface area contributed by atoms with Gasteiger partial charge in [0.1, 0.15) is 17.0 Å². The van der Waals surface area contributed by atoms with E-state index < -0.39 is 5.82 Å². The van der Waals surface area contributed by atoms with Crippen LogP contribution in [0.3, 0.4) is 0 Å². The maximum atomic E-state index is 14.1. The number of carbonyl (C=O) groups is 1. The van der Waals surface area contributed by atoms with Gasteiger partial charge in [0.25, 0.3) is 0 Å². The normalized spacial score (nSPS) is 13.8. The number of anilines is 1. The molecule has 0 saturated heterocycles. The molecule has 2 aromatic carbocycles. The van der Waals surface area contributed by atoms with Gasteiger partial charge in [-0.15, -0.1) is 0 Å². The number of nitrogens with zero attached hydrogens (tertiary/aromatic N) is 4. The number of carbonyl (C=O) groups excluding carboxylic acids is 1. The number of hydrogen-bond acceptors (Lipinski definition) is 4. The van der Waals surface area contributed by atoms with Crippen molar-refractivity contribution in [2.75, 3.05) is 12.3 Å². The average Bonchev–Trinajstić information content (AvgIpc) is 3.13. The van der Waals surface area contributed by atoms with Crippen LogP contribution >= 0.6 is 0 Å². The molecule has 0 saturated carbocycles. The van der Waals surface area contributed by atoms with Gasteiger partial charge in [0.15, 0.2) is 0 Å². The third-order valence-corrected chi connectivity index (χ3v) is 5.57. The van der Waals surface area contributed by atoms with E-state index in [1.807, 2.05) is 11.1 Å². The summed E-state index contributed by atoms with van der Waals surface area (Å²) in [7, 11) is 0. The zero-order valence-corrected chi connectivity index (χ0v) is 16.0. The maximum Gasteiger partial charge on any atom is 0.219 e. The summed E-state index contributed by atoms with van der Waals surface area (Å²) in [6, 6.07) is 11.2. The van der Waals surface area contributed by atoms with Gasteiger partial charge in [0.05, 0.1) is 5.69 Å². The van der Waals surface area contributed by atoms with Gasteiger partial charge in [-0.05, 0) is 35.2 Å². The fraction of sp³-hybridized carbons (Fsp3) is 0.227. The van der Waals surface area contributed by atoms with Crippen LogP contribution in [-0.4, -0.2) is 31.7 Å². The fourth-order valence-electron chi connectivity index (χ4n) is 4.05. The lowest BCUT2D eigenvalue weighted by molar-refractivity contribution is -0.129. The highest BCUT2D eigenvalue weighted by atomic mass is 19.1. The van der Waals surface area contributed by atoms with E-state index >= 15 is 0 Å². The van der Waals surface area contributed by atoms with Crippen molar-refractivity contribution in [3.8, 4) is 0 Å². The zero-order chi connectivity index (χ0) is 20.1. The Morgan fingerprint density at radius 1 is 1.21 bits per heavy atom. The molecular weight excluding hydrogens is 369 g/mol. The molecule has 2 aromatic heterocycles. The Hall–Kier alpha value is -3.48. The molecule has 6 nitrogen and oxygen atoms in total. The molecule has 0 bridgehead atoms. The average molecular weight is 389 g/mol. The molecule has 2 N–H and O–H groups in total. The molecule has 0 unspecified atom stereocenters. The van der Waals surface area contributed by atoms with Crippen LogP contribution in [0.2, 0.25) is 0 Å². The minimum Gasteiger partial charge on any atom is -0.369 e. The van der Waals surface area contributed by atoms with Crippen LogP contribution in [0, 0.1) is 5.82 Å². The van der Waals surface area contributed by atoms with Gasteiger partial charge in [-0.25, -0.2) is 14.4 Å². The van der Waals surface area contributed by atoms with Gasteiger partial charge in [-0.2, -0.15) is 0 Å². The number of hydrogen-bond donors (Lipinski definition) is 1. The quantitative estimate of drug-likeness (QED) is 0.572. The lowest BCUT2D eigenvalue weighted by Gasteiger charge is -2.28. The number of nitrogens with two attached hydrogens (primary N) is 1. The first-order valence-electron chi connectivity index (χ1n) is 9.57. The number of rotatable bonds is 2. The number of para-hydroxylation sites is 1. The molecule has 1 aliphatic rings. The monoisotopic (exact) mass is 389 g/mol. The first-order chi connectivity index (χ1) is 14.0. The molecule has 29 heavy (non-hydrogen) atoms. The van der Waals surface area contributed by atoms with Gasteiger partial charge in [-0.3, -0.25) is 9.20 Å². The lowest BCUT2D eigenvalue weighted by atomic mass is 9.96. The van der Waals surface area contributed by atoms with Crippen LogP contribution in [0.5, 0.6) is 0 Å². The van der Waals surface area contributed by atoms with Gasteiger partial charge in [0.2, 0.25) is 11.9 Å². The van der Waals surface area contributed by atoms with E-state index in [0.29, 0.717) is 24.0 Å². The SMILES string of the molecule is CC(=O)N1CCc2ccc(Cc3cn4c(N)nc5c(F)cccc5c4n3)cc2C1. The topological polar surface area (TPSA) is 76.5 Å². The van der Waals surface area contributed by atoms with E-state index in [1.165, 1.54) is 17.2 Å². The Morgan fingerprint density at radius 3 is 2.90 bits per heavy atom. The van der Waals surface area contributed by atoms with E-state index in [-0.39, 0.29) is 17.4 Å². The van der Waals surface area contributed by atoms with Gasteiger partial charge < -0.3 is 10.6 Å². The smallest absolute Gasteiger partial charge is 0.219 e. The van der Waals surface area contributed by atoms with Crippen molar-refractivity contribution in [2.24, 2.45) is 0 Å². The number of benzene rings is 2. The Labute approximate surface area is 166 Å². The second-order valence-corrected chi connectivity index (χ2v) is 7.50. The van der Waals surface area contributed by atoms with E-state index in [1.54, 1.807) is 23.5 Å². The molecule has 5 rings (SSSR count). The van der Waals surface area contributed by atoms with Crippen molar-refractivity contribution in [1.29, 1.82) is 0 Å². The lowest BCUT2D eigenvalue weighted by Crippen LogP contribution is -2.34. The molecule has 0 aliphatic carbocycles. The minimum absolute atomic E-state index is 0.100. The predicted octanol–water partition coefficient (Wildman–Crippen LogP) is 3.10. The summed E-state index contributed by atoms with van der Waals surface area (Å²) in [5, 5.41) is 0.632. The summed E-state index contributed by atoms with van der Waals surface area (Å²) in [5.74, 6) is -0.103. The molecule has 0 radical (unpaired) electrons. The standard InChI is InChI=1S/C22H20FN5O/c1-13(29)27-8-7-15-6-5-14(9-16(15)11-27)10-17-12-28-21(25-17)18-3-2-4-19(23)20(18)26-22(28)24/h2-6,9,12H,7-8,10-11H2,1H3,(H2,24,26). The summed E-state index contributed by atoms with van der Waals surface area (Å²) in [5.41, 5.74) is 11.3. The second-order valence-electron chi connectivity index (χ2n) is 7.50. The Bertz CT molecular complexity index is 1280. The van der Waals surface area contributed by atoms with Crippen LogP contribution < -0.4 is 5.73 Å². The van der Waals surface area contributed by atoms with Crippen molar-refractivity contribution in [2.45, 2.75) is 26.3 Å². The highest BCUT2D eigenvalue weighted by molar-refractivity contribution is 5.92. The molecular formula is C22H20FN5O. The molecule has 1 aliphatic heterocycles. The number of nitrogen functional groups attached to an aromatic ring is 1. The third-order valence-electron chi connectivity index (χ3n) is 5.57. The van der Waals surface area contributed by atoms with Crippen molar-refractivity contribution in [1.82, 2.24) is 19.3 Å². The van der Waals surface area contributed by atoms with Crippen molar-refractivity contribution >= 4 is 28.4 Å². The highest BCUT2D eigenvalue weighted by Crippen LogP contribution is 2.25. The number of amides is 1. The van der Waals surface area contributed by atoms with Crippen molar-refractivity contribution in [3.63, 3.8) is 0 Å². The molecule has 0 fully saturated rings. The van der Waals surface area contributed by atoms with E-state index in [2.05, 4.69) is 23.2 Å². The summed E-state index contributed by atoms with van der Waals surface area (Å²) >= 11 is 0. The van der Waals surface area contributed by atoms with Gasteiger partial charge >= 0.3 is 0 Å². The van der Waals surface area contributed by atoms with Gasteiger partial charge in [-0.1, -0.05) is 24.3 Å². The molecule has 4 aromatic rings. The Morgan fingerprint density at radius 2 is 2.07 bits per heavy atom. The molecule has 3 heterocycles. The van der Waals surface area contributed by atoms with E-state index in [0.717, 1.165) is 24.2 Å². The zero-order valence-electron chi connectivity index (χ0n) is 16.0. The minimum atomic E-state index is -0.411. The van der Waals surface area contributed by atoms with Gasteiger partial charge in [0, 0.05) is 38.0 Å². The van der Waals surface area contributed by atoms with Crippen LogP contribution in [-0.2, 0) is 24.2 Å². The Kier molecular flexibility index (Phi) is 3.97. The Balaban J connectivity index is 1.52. The molecule has 146 valence electrons. The van der Waals surface area contributed by atoms with Crippen LogP contribution in [0.1, 0.15) is 29.3 Å². The van der Waals surface area contributed by atoms with Crippen LogP contribution in [0.4, 0.5) is 10.3 Å². The first-order valence-corrected chi connectivity index (χ1v) is 9.57. The first kappa shape index (κ1) is 17.6. The van der Waals surface area contributed by atoms with Crippen LogP contribution in [0.15, 0.2) is 42.6 Å². The summed E-state index contributed by atoms with van der Waals surface area (Å²) in [6.07, 6.45) is 3.35. The molecule has 7 heteroatoms. The fourth-order valence-corrected chi connectivity index (χ4v) is 4.05. The molecule has 0 spiro atoms. The summed E-state index contributed by atoms with van der Waals surface area (Å²) < 4.78 is 15.8. The summed E-state index contributed by atoms with van der Waals surface area (Å²) in [4.78, 5) is 22.5. The number of fused-ring (bicyclic) bond motifs is 4.